The molecular formula is C22H27ClN2O2. The molecule has 0 aromatic heterocycles. The quantitative estimate of drug-likeness (QED) is 0.798. The maximum Gasteiger partial charge on any atom is 0.223 e. The Bertz CT molecular complexity index is 807. The van der Waals surface area contributed by atoms with Crippen molar-refractivity contribution in [3.8, 4) is 0 Å². The minimum atomic E-state index is -0.0592. The number of hydrogen-bond donors (Lipinski definition) is 1. The lowest BCUT2D eigenvalue weighted by Crippen LogP contribution is -2.32. The van der Waals surface area contributed by atoms with Crippen LogP contribution in [-0.4, -0.2) is 35.7 Å². The van der Waals surface area contributed by atoms with E-state index in [-0.39, 0.29) is 48.9 Å². The van der Waals surface area contributed by atoms with E-state index < -0.39 is 0 Å². The maximum absolute atomic E-state index is 12.6. The Kier molecular flexibility index (Phi) is 7.17. The van der Waals surface area contributed by atoms with Gasteiger partial charge in [-0.25, -0.2) is 0 Å². The van der Waals surface area contributed by atoms with Gasteiger partial charge >= 0.3 is 0 Å². The molecule has 2 atom stereocenters. The summed E-state index contributed by atoms with van der Waals surface area (Å²) in [4.78, 5) is 26.9. The molecule has 1 amide bonds. The van der Waals surface area contributed by atoms with Crippen molar-refractivity contribution in [2.45, 2.75) is 38.6 Å². The predicted molar refractivity (Wildman–Crippen MR) is 110 cm³/mol. The number of nitrogens with zero attached hydrogens (tertiary/aromatic N) is 1. The molecule has 144 valence electrons. The number of carbonyl (C=O) groups is 2. The SMILES string of the molecule is Cc1ccc(C)c(C(=O)CCC(=O)N2C[C@@H](N)[C@H](c3ccccc3)C2)c1.Cl. The van der Waals surface area contributed by atoms with E-state index in [9.17, 15) is 9.59 Å². The number of carbonyl (C=O) groups excluding carboxylic acids is 2. The highest BCUT2D eigenvalue weighted by atomic mass is 35.5. The van der Waals surface area contributed by atoms with Gasteiger partial charge in [-0.2, -0.15) is 0 Å². The number of likely N-dealkylation sites (tertiary alicyclic amines) is 1. The molecule has 27 heavy (non-hydrogen) atoms. The molecule has 1 saturated heterocycles. The number of hydrogen-bond acceptors (Lipinski definition) is 3. The second-order valence-electron chi connectivity index (χ2n) is 7.22. The van der Waals surface area contributed by atoms with Crippen molar-refractivity contribution in [2.24, 2.45) is 5.73 Å². The summed E-state index contributed by atoms with van der Waals surface area (Å²) < 4.78 is 0. The largest absolute Gasteiger partial charge is 0.340 e. The normalized spacial score (nSPS) is 18.9. The molecule has 0 radical (unpaired) electrons. The number of ketones is 1. The molecular weight excluding hydrogens is 360 g/mol. The Morgan fingerprint density at radius 3 is 2.44 bits per heavy atom. The van der Waals surface area contributed by atoms with Crippen LogP contribution in [0.5, 0.6) is 0 Å². The van der Waals surface area contributed by atoms with E-state index in [1.54, 1.807) is 4.90 Å². The van der Waals surface area contributed by atoms with E-state index >= 15 is 0 Å². The van der Waals surface area contributed by atoms with Crippen LogP contribution >= 0.6 is 12.4 Å². The molecule has 0 bridgehead atoms. The van der Waals surface area contributed by atoms with Crippen molar-refractivity contribution in [2.75, 3.05) is 13.1 Å². The zero-order chi connectivity index (χ0) is 18.7. The van der Waals surface area contributed by atoms with Crippen molar-refractivity contribution < 1.29 is 9.59 Å². The zero-order valence-electron chi connectivity index (χ0n) is 15.9. The fourth-order valence-electron chi connectivity index (χ4n) is 3.64. The highest BCUT2D eigenvalue weighted by molar-refractivity contribution is 5.99. The summed E-state index contributed by atoms with van der Waals surface area (Å²) in [6.07, 6.45) is 0.477. The number of rotatable bonds is 5. The summed E-state index contributed by atoms with van der Waals surface area (Å²) in [7, 11) is 0. The third-order valence-electron chi connectivity index (χ3n) is 5.20. The van der Waals surface area contributed by atoms with E-state index in [0.717, 1.165) is 16.7 Å². The standard InChI is InChI=1S/C22H26N2O2.ClH/c1-15-8-9-16(2)18(12-15)21(25)10-11-22(26)24-13-19(20(23)14-24)17-6-4-3-5-7-17;/h3-9,12,19-20H,10-11,13-14,23H2,1-2H3;1H/t19-,20+;/m0./s1. The van der Waals surface area contributed by atoms with Crippen LogP contribution in [0.2, 0.25) is 0 Å². The summed E-state index contributed by atoms with van der Waals surface area (Å²) in [6, 6.07) is 15.9. The van der Waals surface area contributed by atoms with Gasteiger partial charge in [0.1, 0.15) is 0 Å². The summed E-state index contributed by atoms with van der Waals surface area (Å²) in [6.45, 7) is 5.08. The molecule has 0 aliphatic carbocycles. The summed E-state index contributed by atoms with van der Waals surface area (Å²) in [5, 5.41) is 0. The third kappa shape index (κ3) is 4.96. The summed E-state index contributed by atoms with van der Waals surface area (Å²) in [5.74, 6) is 0.204. The minimum absolute atomic E-state index is 0. The van der Waals surface area contributed by atoms with E-state index in [2.05, 4.69) is 12.1 Å². The number of benzene rings is 2. The highest BCUT2D eigenvalue weighted by Gasteiger charge is 2.33. The molecule has 2 aromatic carbocycles. The molecule has 1 aliphatic rings. The average molecular weight is 387 g/mol. The van der Waals surface area contributed by atoms with Gasteiger partial charge < -0.3 is 10.6 Å². The first-order valence-corrected chi connectivity index (χ1v) is 9.14. The van der Waals surface area contributed by atoms with Gasteiger partial charge in [0.2, 0.25) is 5.91 Å². The van der Waals surface area contributed by atoms with Gasteiger partial charge in [0.15, 0.2) is 5.78 Å². The third-order valence-corrected chi connectivity index (χ3v) is 5.20. The lowest BCUT2D eigenvalue weighted by Gasteiger charge is -2.16. The van der Waals surface area contributed by atoms with E-state index in [4.69, 9.17) is 5.73 Å². The van der Waals surface area contributed by atoms with E-state index in [1.165, 1.54) is 5.56 Å². The number of halogens is 1. The lowest BCUT2D eigenvalue weighted by atomic mass is 9.95. The fraction of sp³-hybridized carbons (Fsp3) is 0.364. The second-order valence-corrected chi connectivity index (χ2v) is 7.22. The van der Waals surface area contributed by atoms with Crippen LogP contribution in [0, 0.1) is 13.8 Å². The molecule has 1 heterocycles. The average Bonchev–Trinajstić information content (AvgIpc) is 3.04. The number of nitrogens with two attached hydrogens (primary N) is 1. The minimum Gasteiger partial charge on any atom is -0.340 e. The van der Waals surface area contributed by atoms with Crippen LogP contribution in [0.4, 0.5) is 0 Å². The highest BCUT2D eigenvalue weighted by Crippen LogP contribution is 2.27. The Hall–Kier alpha value is -2.17. The molecule has 0 unspecified atom stereocenters. The predicted octanol–water partition coefficient (Wildman–Crippen LogP) is 3.64. The van der Waals surface area contributed by atoms with Crippen molar-refractivity contribution in [1.29, 1.82) is 0 Å². The Labute approximate surface area is 167 Å². The van der Waals surface area contributed by atoms with Crippen LogP contribution in [0.25, 0.3) is 0 Å². The van der Waals surface area contributed by atoms with E-state index in [1.807, 2.05) is 50.2 Å². The zero-order valence-corrected chi connectivity index (χ0v) is 16.7. The number of amides is 1. The molecule has 5 heteroatoms. The first kappa shape index (κ1) is 21.1. The molecule has 3 rings (SSSR count). The summed E-state index contributed by atoms with van der Waals surface area (Å²) in [5.41, 5.74) is 10.2. The van der Waals surface area contributed by atoms with Crippen molar-refractivity contribution in [3.63, 3.8) is 0 Å². The molecule has 1 aliphatic heterocycles. The van der Waals surface area contributed by atoms with Crippen LogP contribution in [0.15, 0.2) is 48.5 Å². The molecule has 0 spiro atoms. The van der Waals surface area contributed by atoms with Gasteiger partial charge in [0.25, 0.3) is 0 Å². The van der Waals surface area contributed by atoms with Crippen molar-refractivity contribution in [3.05, 3.63) is 70.8 Å². The smallest absolute Gasteiger partial charge is 0.223 e. The number of aryl methyl sites for hydroxylation is 2. The van der Waals surface area contributed by atoms with Gasteiger partial charge in [0, 0.05) is 43.5 Å². The molecule has 0 saturated carbocycles. The van der Waals surface area contributed by atoms with Crippen LogP contribution in [0.1, 0.15) is 45.8 Å². The van der Waals surface area contributed by atoms with Crippen molar-refractivity contribution in [1.82, 2.24) is 4.90 Å². The lowest BCUT2D eigenvalue weighted by molar-refractivity contribution is -0.130. The molecule has 4 nitrogen and oxygen atoms in total. The Balaban J connectivity index is 0.00000261. The Morgan fingerprint density at radius 1 is 1.04 bits per heavy atom. The van der Waals surface area contributed by atoms with Gasteiger partial charge in [0.05, 0.1) is 0 Å². The van der Waals surface area contributed by atoms with Crippen molar-refractivity contribution >= 4 is 24.1 Å². The summed E-state index contributed by atoms with van der Waals surface area (Å²) >= 11 is 0. The molecule has 1 fully saturated rings. The number of Topliss-reactive ketones (excluding diaryl/α,β-unsaturated/α-hetero) is 1. The fourth-order valence-corrected chi connectivity index (χ4v) is 3.64. The second kappa shape index (κ2) is 9.16. The first-order valence-electron chi connectivity index (χ1n) is 9.14. The van der Waals surface area contributed by atoms with Gasteiger partial charge in [-0.1, -0.05) is 48.0 Å². The van der Waals surface area contributed by atoms with E-state index in [0.29, 0.717) is 13.1 Å². The first-order chi connectivity index (χ1) is 12.5. The molecule has 2 N–H and O–H groups in total. The van der Waals surface area contributed by atoms with Crippen LogP contribution in [-0.2, 0) is 4.79 Å². The van der Waals surface area contributed by atoms with Crippen LogP contribution in [0.3, 0.4) is 0 Å². The Morgan fingerprint density at radius 2 is 1.74 bits per heavy atom. The van der Waals surface area contributed by atoms with Gasteiger partial charge in [-0.15, -0.1) is 12.4 Å². The van der Waals surface area contributed by atoms with Gasteiger partial charge in [-0.3, -0.25) is 9.59 Å². The topological polar surface area (TPSA) is 63.4 Å². The monoisotopic (exact) mass is 386 g/mol. The molecule has 2 aromatic rings. The van der Waals surface area contributed by atoms with Crippen LogP contribution < -0.4 is 5.73 Å². The van der Waals surface area contributed by atoms with Gasteiger partial charge in [-0.05, 0) is 31.0 Å². The maximum atomic E-state index is 12.6.